The fourth-order valence-corrected chi connectivity index (χ4v) is 2.88. The number of carbonyl (C=O) groups excluding carboxylic acids is 2. The van der Waals surface area contributed by atoms with Gasteiger partial charge in [0, 0.05) is 17.8 Å². The van der Waals surface area contributed by atoms with E-state index in [1.54, 1.807) is 0 Å². The molecule has 7 heteroatoms. The van der Waals surface area contributed by atoms with Crippen LogP contribution in [-0.4, -0.2) is 40.4 Å². The highest BCUT2D eigenvalue weighted by Gasteiger charge is 2.26. The number of thiophene rings is 1. The normalized spacial score (nSPS) is 13.2. The Morgan fingerprint density at radius 2 is 2.09 bits per heavy atom. The van der Waals surface area contributed by atoms with Gasteiger partial charge >= 0.3 is 5.97 Å². The Bertz CT molecular complexity index is 516. The molecule has 0 aliphatic heterocycles. The molecular weight excluding hydrogens is 304 g/mol. The second-order valence-electron chi connectivity index (χ2n) is 5.15. The Balaban J connectivity index is 2.87. The van der Waals surface area contributed by atoms with Crippen LogP contribution in [0.15, 0.2) is 17.5 Å². The summed E-state index contributed by atoms with van der Waals surface area (Å²) in [5.41, 5.74) is 0. The van der Waals surface area contributed by atoms with Crippen LogP contribution in [0.25, 0.3) is 0 Å². The maximum atomic E-state index is 12.5. The molecule has 2 atom stereocenters. The van der Waals surface area contributed by atoms with Gasteiger partial charge in [0.15, 0.2) is 0 Å². The molecule has 0 bridgehead atoms. The molecule has 1 rings (SSSR count). The van der Waals surface area contributed by atoms with Gasteiger partial charge in [0.2, 0.25) is 11.8 Å². The number of nitrogens with zero attached hydrogens (tertiary/aromatic N) is 1. The fraction of sp³-hybridized carbons (Fsp3) is 0.533. The molecule has 2 amide bonds. The zero-order chi connectivity index (χ0) is 16.7. The number of amides is 2. The molecular formula is C15H22N2O4S. The van der Waals surface area contributed by atoms with Gasteiger partial charge in [-0.3, -0.25) is 14.4 Å². The van der Waals surface area contributed by atoms with Crippen LogP contribution < -0.4 is 5.32 Å². The highest BCUT2D eigenvalue weighted by Crippen LogP contribution is 2.23. The average Bonchev–Trinajstić information content (AvgIpc) is 2.96. The van der Waals surface area contributed by atoms with Gasteiger partial charge in [0.05, 0.1) is 12.5 Å². The summed E-state index contributed by atoms with van der Waals surface area (Å²) in [4.78, 5) is 37.0. The van der Waals surface area contributed by atoms with Crippen LogP contribution in [0.3, 0.4) is 0 Å². The first-order chi connectivity index (χ1) is 10.3. The predicted molar refractivity (Wildman–Crippen MR) is 84.6 cm³/mol. The van der Waals surface area contributed by atoms with Gasteiger partial charge in [-0.2, -0.15) is 0 Å². The van der Waals surface area contributed by atoms with Crippen molar-refractivity contribution in [1.82, 2.24) is 10.2 Å². The minimum absolute atomic E-state index is 0.0533. The molecule has 1 heterocycles. The third-order valence-electron chi connectivity index (χ3n) is 3.39. The molecule has 1 aromatic rings. The van der Waals surface area contributed by atoms with Crippen molar-refractivity contribution in [2.75, 3.05) is 6.54 Å². The zero-order valence-corrected chi connectivity index (χ0v) is 13.9. The molecule has 0 aliphatic rings. The summed E-state index contributed by atoms with van der Waals surface area (Å²) in [5, 5.41) is 13.6. The van der Waals surface area contributed by atoms with Gasteiger partial charge < -0.3 is 15.3 Å². The average molecular weight is 326 g/mol. The summed E-state index contributed by atoms with van der Waals surface area (Å²) in [7, 11) is 0. The molecule has 0 aliphatic carbocycles. The van der Waals surface area contributed by atoms with Gasteiger partial charge in [-0.25, -0.2) is 0 Å². The second kappa shape index (κ2) is 8.53. The quantitative estimate of drug-likeness (QED) is 0.765. The van der Waals surface area contributed by atoms with Crippen LogP contribution in [0.4, 0.5) is 0 Å². The largest absolute Gasteiger partial charge is 0.480 e. The van der Waals surface area contributed by atoms with Crippen molar-refractivity contribution < 1.29 is 19.5 Å². The molecule has 2 N–H and O–H groups in total. The van der Waals surface area contributed by atoms with Crippen molar-refractivity contribution in [1.29, 1.82) is 0 Å². The van der Waals surface area contributed by atoms with E-state index in [-0.39, 0.29) is 30.8 Å². The highest BCUT2D eigenvalue weighted by molar-refractivity contribution is 7.10. The topological polar surface area (TPSA) is 86.7 Å². The first-order valence-corrected chi connectivity index (χ1v) is 8.04. The summed E-state index contributed by atoms with van der Waals surface area (Å²) in [6.07, 6.45) is 0.723. The monoisotopic (exact) mass is 326 g/mol. The van der Waals surface area contributed by atoms with Crippen molar-refractivity contribution in [3.05, 3.63) is 22.4 Å². The number of hydrogen-bond donors (Lipinski definition) is 2. The van der Waals surface area contributed by atoms with Gasteiger partial charge in [-0.1, -0.05) is 13.0 Å². The molecule has 22 heavy (non-hydrogen) atoms. The third kappa shape index (κ3) is 5.48. The van der Waals surface area contributed by atoms with Crippen molar-refractivity contribution in [2.45, 2.75) is 45.7 Å². The Morgan fingerprint density at radius 1 is 1.41 bits per heavy atom. The number of carboxylic acid groups (broad SMARTS) is 1. The Kier molecular flexibility index (Phi) is 7.04. The maximum Gasteiger partial charge on any atom is 0.323 e. The lowest BCUT2D eigenvalue weighted by Crippen LogP contribution is -2.43. The first-order valence-electron chi connectivity index (χ1n) is 7.16. The van der Waals surface area contributed by atoms with E-state index in [1.165, 1.54) is 23.2 Å². The lowest BCUT2D eigenvalue weighted by atomic mass is 10.1. The third-order valence-corrected chi connectivity index (χ3v) is 4.38. The summed E-state index contributed by atoms with van der Waals surface area (Å²) in [6, 6.07) is 3.11. The van der Waals surface area contributed by atoms with Crippen LogP contribution in [0.1, 0.15) is 44.5 Å². The van der Waals surface area contributed by atoms with Gasteiger partial charge in [-0.15, -0.1) is 11.3 Å². The number of hydrogen-bond acceptors (Lipinski definition) is 4. The zero-order valence-electron chi connectivity index (χ0n) is 13.0. The molecule has 2 unspecified atom stereocenters. The molecule has 0 spiro atoms. The van der Waals surface area contributed by atoms with E-state index < -0.39 is 12.0 Å². The van der Waals surface area contributed by atoms with Crippen molar-refractivity contribution >= 4 is 29.1 Å². The van der Waals surface area contributed by atoms with Crippen LogP contribution in [0.5, 0.6) is 0 Å². The lowest BCUT2D eigenvalue weighted by Gasteiger charge is -2.28. The van der Waals surface area contributed by atoms with Crippen molar-refractivity contribution in [3.8, 4) is 0 Å². The van der Waals surface area contributed by atoms with E-state index in [9.17, 15) is 14.4 Å². The maximum absolute atomic E-state index is 12.5. The highest BCUT2D eigenvalue weighted by atomic mass is 32.1. The van der Waals surface area contributed by atoms with Crippen molar-refractivity contribution in [2.24, 2.45) is 0 Å². The van der Waals surface area contributed by atoms with Crippen molar-refractivity contribution in [3.63, 3.8) is 0 Å². The minimum Gasteiger partial charge on any atom is -0.480 e. The summed E-state index contributed by atoms with van der Waals surface area (Å²) >= 11 is 1.45. The molecule has 0 saturated carbocycles. The van der Waals surface area contributed by atoms with Crippen LogP contribution in [0, 0.1) is 0 Å². The number of aliphatic carboxylic acids is 1. The van der Waals surface area contributed by atoms with Crippen LogP contribution >= 0.6 is 11.3 Å². The number of nitrogens with one attached hydrogen (secondary N) is 1. The number of carbonyl (C=O) groups is 3. The number of carboxylic acids is 1. The molecule has 0 radical (unpaired) electrons. The molecule has 122 valence electrons. The summed E-state index contributed by atoms with van der Waals surface area (Å²) < 4.78 is 0. The smallest absolute Gasteiger partial charge is 0.323 e. The Morgan fingerprint density at radius 3 is 2.55 bits per heavy atom. The molecule has 0 fully saturated rings. The minimum atomic E-state index is -1.04. The Hall–Kier alpha value is -1.89. The Labute approximate surface area is 134 Å². The summed E-state index contributed by atoms with van der Waals surface area (Å²) in [6.45, 7) is 4.79. The lowest BCUT2D eigenvalue weighted by molar-refractivity contribution is -0.146. The molecule has 0 aromatic carbocycles. The van der Waals surface area contributed by atoms with E-state index in [4.69, 9.17) is 5.11 Å². The SMILES string of the molecule is CCC(C)N(CC(=O)O)C(=O)CC(NC(C)=O)c1cccs1. The molecule has 6 nitrogen and oxygen atoms in total. The standard InChI is InChI=1S/C15H22N2O4S/c1-4-10(2)17(9-15(20)21)14(19)8-12(16-11(3)18)13-6-5-7-22-13/h5-7,10,12H,4,8-9H2,1-3H3,(H,16,18)(H,20,21). The fourth-order valence-electron chi connectivity index (χ4n) is 2.11. The van der Waals surface area contributed by atoms with E-state index in [0.717, 1.165) is 4.88 Å². The van der Waals surface area contributed by atoms with Gasteiger partial charge in [0.1, 0.15) is 6.54 Å². The van der Waals surface area contributed by atoms with E-state index in [0.29, 0.717) is 6.42 Å². The van der Waals surface area contributed by atoms with Crippen LogP contribution in [-0.2, 0) is 14.4 Å². The summed E-state index contributed by atoms with van der Waals surface area (Å²) in [5.74, 6) is -1.54. The van der Waals surface area contributed by atoms with Gasteiger partial charge in [0.25, 0.3) is 0 Å². The molecule has 0 saturated heterocycles. The van der Waals surface area contributed by atoms with E-state index in [1.807, 2.05) is 31.4 Å². The van der Waals surface area contributed by atoms with Gasteiger partial charge in [-0.05, 0) is 24.8 Å². The predicted octanol–water partition coefficient (Wildman–Crippen LogP) is 2.03. The first kappa shape index (κ1) is 18.2. The van der Waals surface area contributed by atoms with E-state index in [2.05, 4.69) is 5.32 Å². The molecule has 1 aromatic heterocycles. The van der Waals surface area contributed by atoms with Crippen LogP contribution in [0.2, 0.25) is 0 Å². The van der Waals surface area contributed by atoms with E-state index >= 15 is 0 Å². The number of rotatable bonds is 8. The second-order valence-corrected chi connectivity index (χ2v) is 6.12.